The zero-order valence-corrected chi connectivity index (χ0v) is 33.3. The highest BCUT2D eigenvalue weighted by Gasteiger charge is 2.55. The smallest absolute Gasteiger partial charge is 0.329 e. The van der Waals surface area contributed by atoms with Gasteiger partial charge in [-0.05, 0) is 0 Å². The van der Waals surface area contributed by atoms with Crippen LogP contribution in [0.25, 0.3) is 0 Å². The molecule has 356 valence electrons. The summed E-state index contributed by atoms with van der Waals surface area (Å²) < 4.78 is 33.6. The van der Waals surface area contributed by atoms with E-state index in [1.165, 1.54) is 0 Å². The number of esters is 1. The van der Waals surface area contributed by atoms with Gasteiger partial charge in [-0.25, -0.2) is 4.79 Å². The van der Waals surface area contributed by atoms with E-state index in [1.807, 2.05) is 0 Å². The molecule has 28 heteroatoms. The Balaban J connectivity index is 1.53. The van der Waals surface area contributed by atoms with Gasteiger partial charge in [0.25, 0.3) is 0 Å². The van der Waals surface area contributed by atoms with Gasteiger partial charge in [0.2, 0.25) is 23.6 Å². The van der Waals surface area contributed by atoms with Crippen molar-refractivity contribution >= 4 is 29.6 Å². The van der Waals surface area contributed by atoms with Gasteiger partial charge in [0.05, 0.1) is 26.2 Å². The molecule has 20 unspecified atom stereocenters. The number of ether oxygens (including phenoxy) is 6. The lowest BCUT2D eigenvalue weighted by Crippen LogP contribution is -2.71. The maximum atomic E-state index is 13.4. The molecule has 4 amide bonds. The predicted octanol–water partition coefficient (Wildman–Crippen LogP) is -11.5. The van der Waals surface area contributed by atoms with E-state index in [0.717, 1.165) is 20.8 Å². The fraction of sp³-hybridized carbons (Fsp3) is 0.853. The fourth-order valence-corrected chi connectivity index (χ4v) is 7.41. The lowest BCUT2D eigenvalue weighted by Gasteiger charge is -2.49. The van der Waals surface area contributed by atoms with Crippen molar-refractivity contribution in [1.29, 1.82) is 0 Å². The predicted molar refractivity (Wildman–Crippen MR) is 193 cm³/mol. The molecular formula is C34H56N4O24. The van der Waals surface area contributed by atoms with Crippen molar-refractivity contribution in [3.63, 3.8) is 0 Å². The SMILES string of the molecule is CC(=O)NC(CC(=O)NC1OC(CO)C(OC2OC(CO)C(OC3OC(CO)C(O)C(O)C3O)C(O)C2NC(C)=O)C(O)C1NC(C)=O)C(=O)OC1C(O)C(O)C(O)C(O)C1O. The minimum Gasteiger partial charge on any atom is -0.455 e. The molecule has 62 heavy (non-hydrogen) atoms. The average Bonchev–Trinajstić information content (AvgIpc) is 3.21. The highest BCUT2D eigenvalue weighted by Crippen LogP contribution is 2.33. The number of carbonyl (C=O) groups is 5. The minimum atomic E-state index is -2.13. The second-order valence-corrected chi connectivity index (χ2v) is 15.2. The van der Waals surface area contributed by atoms with Gasteiger partial charge in [-0.15, -0.1) is 0 Å². The van der Waals surface area contributed by atoms with Gasteiger partial charge < -0.3 is 116 Å². The van der Waals surface area contributed by atoms with Crippen molar-refractivity contribution in [1.82, 2.24) is 21.3 Å². The molecule has 0 aromatic carbocycles. The lowest BCUT2D eigenvalue weighted by atomic mass is 9.85. The largest absolute Gasteiger partial charge is 0.455 e. The molecule has 0 spiro atoms. The van der Waals surface area contributed by atoms with E-state index in [2.05, 4.69) is 21.3 Å². The zero-order chi connectivity index (χ0) is 46.5. The Hall–Kier alpha value is -3.37. The molecule has 0 aromatic rings. The van der Waals surface area contributed by atoms with E-state index in [0.29, 0.717) is 0 Å². The highest BCUT2D eigenvalue weighted by molar-refractivity contribution is 5.89. The number of aliphatic hydroxyl groups is 13. The van der Waals surface area contributed by atoms with Crippen molar-refractivity contribution < 1.29 is 119 Å². The summed E-state index contributed by atoms with van der Waals surface area (Å²) in [6.07, 6.45) is -36.6. The van der Waals surface area contributed by atoms with Crippen LogP contribution in [0, 0.1) is 0 Å². The quantitative estimate of drug-likeness (QED) is 0.0678. The van der Waals surface area contributed by atoms with Crippen molar-refractivity contribution in [3.8, 4) is 0 Å². The lowest BCUT2D eigenvalue weighted by molar-refractivity contribution is -0.358. The summed E-state index contributed by atoms with van der Waals surface area (Å²) in [6.45, 7) is 0.214. The van der Waals surface area contributed by atoms with Gasteiger partial charge in [-0.3, -0.25) is 19.2 Å². The zero-order valence-electron chi connectivity index (χ0n) is 33.3. The minimum absolute atomic E-state index is 0.792. The molecule has 4 fully saturated rings. The van der Waals surface area contributed by atoms with Crippen LogP contribution in [0.15, 0.2) is 0 Å². The molecule has 3 saturated heterocycles. The first-order chi connectivity index (χ1) is 29.1. The van der Waals surface area contributed by atoms with Crippen molar-refractivity contribution in [2.45, 2.75) is 162 Å². The summed E-state index contributed by atoms with van der Waals surface area (Å²) in [5, 5.41) is 144. The van der Waals surface area contributed by atoms with Crippen LogP contribution in [-0.4, -0.2) is 250 Å². The van der Waals surface area contributed by atoms with Crippen LogP contribution in [0.5, 0.6) is 0 Å². The number of aliphatic hydroxyl groups excluding tert-OH is 13. The molecule has 1 aliphatic carbocycles. The summed E-state index contributed by atoms with van der Waals surface area (Å²) in [6, 6.07) is -5.22. The van der Waals surface area contributed by atoms with Gasteiger partial charge in [-0.1, -0.05) is 0 Å². The fourth-order valence-electron chi connectivity index (χ4n) is 7.41. The monoisotopic (exact) mass is 904 g/mol. The molecule has 28 nitrogen and oxygen atoms in total. The highest BCUT2D eigenvalue weighted by atomic mass is 16.7. The average molecular weight is 905 g/mol. The third kappa shape index (κ3) is 11.7. The summed E-state index contributed by atoms with van der Waals surface area (Å²) in [5.41, 5.74) is 0. The maximum absolute atomic E-state index is 13.4. The number of hydrogen-bond donors (Lipinski definition) is 17. The van der Waals surface area contributed by atoms with E-state index in [-0.39, 0.29) is 0 Å². The summed E-state index contributed by atoms with van der Waals surface area (Å²) in [4.78, 5) is 63.2. The first-order valence-electron chi connectivity index (χ1n) is 19.3. The molecule has 1 saturated carbocycles. The number of hydrogen-bond acceptors (Lipinski definition) is 24. The molecular weight excluding hydrogens is 848 g/mol. The normalized spacial score (nSPS) is 42.8. The Morgan fingerprint density at radius 2 is 0.952 bits per heavy atom. The van der Waals surface area contributed by atoms with Crippen LogP contribution >= 0.6 is 0 Å². The van der Waals surface area contributed by atoms with Crippen LogP contribution in [-0.2, 0) is 52.4 Å². The van der Waals surface area contributed by atoms with E-state index in [4.69, 9.17) is 28.4 Å². The van der Waals surface area contributed by atoms with Crippen LogP contribution in [0.2, 0.25) is 0 Å². The maximum Gasteiger partial charge on any atom is 0.329 e. The van der Waals surface area contributed by atoms with E-state index in [1.54, 1.807) is 0 Å². The molecule has 4 aliphatic rings. The third-order valence-corrected chi connectivity index (χ3v) is 10.6. The molecule has 0 radical (unpaired) electrons. The molecule has 3 aliphatic heterocycles. The Morgan fingerprint density at radius 1 is 0.500 bits per heavy atom. The Morgan fingerprint density at radius 3 is 1.47 bits per heavy atom. The number of nitrogens with one attached hydrogen (secondary N) is 4. The number of rotatable bonds is 15. The Bertz CT molecular complexity index is 1530. The molecule has 0 bridgehead atoms. The van der Waals surface area contributed by atoms with Crippen LogP contribution < -0.4 is 21.3 Å². The van der Waals surface area contributed by atoms with Gasteiger partial charge in [-0.2, -0.15) is 0 Å². The van der Waals surface area contributed by atoms with E-state index < -0.39 is 190 Å². The molecule has 0 aromatic heterocycles. The van der Waals surface area contributed by atoms with Crippen LogP contribution in [0.1, 0.15) is 27.2 Å². The summed E-state index contributed by atoms with van der Waals surface area (Å²) >= 11 is 0. The van der Waals surface area contributed by atoms with Crippen LogP contribution in [0.3, 0.4) is 0 Å². The third-order valence-electron chi connectivity index (χ3n) is 10.6. The second-order valence-electron chi connectivity index (χ2n) is 15.2. The molecule has 20 atom stereocenters. The van der Waals surface area contributed by atoms with Crippen LogP contribution in [0.4, 0.5) is 0 Å². The Kier molecular flexibility index (Phi) is 18.2. The van der Waals surface area contributed by atoms with E-state index >= 15 is 0 Å². The van der Waals surface area contributed by atoms with Crippen molar-refractivity contribution in [2.24, 2.45) is 0 Å². The van der Waals surface area contributed by atoms with Gasteiger partial charge >= 0.3 is 5.97 Å². The topological polar surface area (TPSA) is 452 Å². The summed E-state index contributed by atoms with van der Waals surface area (Å²) in [7, 11) is 0. The first kappa shape index (κ1) is 51.3. The van der Waals surface area contributed by atoms with Crippen molar-refractivity contribution in [3.05, 3.63) is 0 Å². The number of carbonyl (C=O) groups excluding carboxylic acids is 5. The van der Waals surface area contributed by atoms with Gasteiger partial charge in [0, 0.05) is 20.8 Å². The van der Waals surface area contributed by atoms with Crippen molar-refractivity contribution in [2.75, 3.05) is 19.8 Å². The summed E-state index contributed by atoms with van der Waals surface area (Å²) in [5.74, 6) is -5.11. The second kappa shape index (κ2) is 22.0. The van der Waals surface area contributed by atoms with E-state index in [9.17, 15) is 90.4 Å². The Labute approximate surface area is 351 Å². The number of amides is 4. The van der Waals surface area contributed by atoms with Gasteiger partial charge in [0.1, 0.15) is 110 Å². The molecule has 3 heterocycles. The first-order valence-corrected chi connectivity index (χ1v) is 19.3. The molecule has 17 N–H and O–H groups in total. The standard InChI is InChI=1S/C34H56N4O24/c1-8(42)35-11(32(56)60-30-25(53)23(51)22(50)24(52)26(30)54)4-15(45)38-31-16(36-9(2)43)19(47)28(13(6-40)57-31)61-33-17(37-10(3)44)20(48)29(14(7-41)59-33)62-34-27(55)21(49)18(46)12(5-39)58-34/h11-14,16-31,33-34,39-41,46-55H,4-7H2,1-3H3,(H,35,42)(H,36,43)(H,37,44)(H,38,45). The van der Waals surface area contributed by atoms with Gasteiger partial charge in [0.15, 0.2) is 24.9 Å². The molecule has 4 rings (SSSR count).